The van der Waals surface area contributed by atoms with Gasteiger partial charge in [0.15, 0.2) is 0 Å². The van der Waals surface area contributed by atoms with Crippen molar-refractivity contribution >= 4 is 34.8 Å². The first-order valence-corrected chi connectivity index (χ1v) is 13.3. The molecule has 0 bridgehead atoms. The van der Waals surface area contributed by atoms with Crippen LogP contribution in [0.2, 0.25) is 0 Å². The minimum atomic E-state index is -2.89. The number of hydrogen-bond acceptors (Lipinski definition) is 5. The molecule has 216 valence electrons. The lowest BCUT2D eigenvalue weighted by molar-refractivity contribution is -0.120. The van der Waals surface area contributed by atoms with E-state index in [1.54, 1.807) is 30.3 Å². The molecule has 1 aromatic heterocycles. The molecule has 2 fully saturated rings. The molecule has 3 amide bonds. The number of benzene rings is 2. The van der Waals surface area contributed by atoms with E-state index in [1.807, 2.05) is 29.2 Å². The van der Waals surface area contributed by atoms with Crippen LogP contribution in [-0.2, 0) is 9.59 Å². The number of fused-ring (bicyclic) bond motifs is 1. The minimum Gasteiger partial charge on any atom is -0.434 e. The predicted octanol–water partition coefficient (Wildman–Crippen LogP) is 4.88. The number of carbonyl (C=O) groups excluding carboxylic acids is 3. The second-order valence-corrected chi connectivity index (χ2v) is 11.1. The Balaban J connectivity index is 0.000000195. The van der Waals surface area contributed by atoms with E-state index in [1.165, 1.54) is 11.0 Å². The number of ether oxygens (including phenoxy) is 1. The number of halogens is 2. The Labute approximate surface area is 237 Å². The van der Waals surface area contributed by atoms with Crippen molar-refractivity contribution in [2.24, 2.45) is 17.3 Å². The summed E-state index contributed by atoms with van der Waals surface area (Å²) in [4.78, 5) is 41.6. The summed E-state index contributed by atoms with van der Waals surface area (Å²) in [6.45, 7) is 5.21. The van der Waals surface area contributed by atoms with Crippen molar-refractivity contribution in [3.05, 3.63) is 60.3 Å². The van der Waals surface area contributed by atoms with Crippen molar-refractivity contribution in [2.75, 3.05) is 25.0 Å². The monoisotopic (exact) mass is 565 g/mol. The summed E-state index contributed by atoms with van der Waals surface area (Å²) in [6.07, 6.45) is 1.03. The standard InChI is InChI=1S/C17H20F2N2O2.C13H13N3O2/c1-10-8-21(9-17(10,2)3)15(22)13-7-11-12(20-13)5-4-6-14(11)23-16(18)19;14-7-12-6-10(8-16(12)9-17)13(18)15-11-4-2-1-3-5-11/h4-7,10,16,20H,8-9H2,1-3H3;1-5,9-10,12H,6,8H2,(H,15,18)/t10-;/m0./s1. The van der Waals surface area contributed by atoms with Crippen molar-refractivity contribution < 1.29 is 27.9 Å². The number of alkyl halides is 2. The van der Waals surface area contributed by atoms with Crippen LogP contribution in [0.4, 0.5) is 14.5 Å². The maximum absolute atomic E-state index is 12.7. The Morgan fingerprint density at radius 3 is 2.49 bits per heavy atom. The molecule has 0 radical (unpaired) electrons. The van der Waals surface area contributed by atoms with E-state index in [0.29, 0.717) is 55.0 Å². The molecule has 41 heavy (non-hydrogen) atoms. The number of nitrogens with one attached hydrogen (secondary N) is 2. The molecule has 3 heterocycles. The van der Waals surface area contributed by atoms with E-state index < -0.39 is 12.7 Å². The van der Waals surface area contributed by atoms with E-state index >= 15 is 0 Å². The summed E-state index contributed by atoms with van der Waals surface area (Å²) in [6, 6.07) is 17.1. The second kappa shape index (κ2) is 12.4. The molecular formula is C30H33F2N5O4. The third kappa shape index (κ3) is 6.82. The highest BCUT2D eigenvalue weighted by molar-refractivity contribution is 6.00. The maximum Gasteiger partial charge on any atom is 0.387 e. The number of aromatic amines is 1. The predicted molar refractivity (Wildman–Crippen MR) is 149 cm³/mol. The molecular weight excluding hydrogens is 532 g/mol. The number of para-hydroxylation sites is 1. The first-order chi connectivity index (χ1) is 19.5. The van der Waals surface area contributed by atoms with Crippen molar-refractivity contribution in [2.45, 2.75) is 39.8 Å². The zero-order chi connectivity index (χ0) is 29.7. The number of aromatic nitrogens is 1. The highest BCUT2D eigenvalue weighted by atomic mass is 19.3. The molecule has 2 saturated heterocycles. The van der Waals surface area contributed by atoms with Crippen LogP contribution in [0.25, 0.3) is 10.9 Å². The van der Waals surface area contributed by atoms with Crippen molar-refractivity contribution in [1.82, 2.24) is 14.8 Å². The summed E-state index contributed by atoms with van der Waals surface area (Å²) in [5.41, 5.74) is 1.81. The van der Waals surface area contributed by atoms with Crippen LogP contribution in [0, 0.1) is 28.6 Å². The van der Waals surface area contributed by atoms with E-state index in [0.717, 1.165) is 5.69 Å². The van der Waals surface area contributed by atoms with Crippen molar-refractivity contribution in [3.63, 3.8) is 0 Å². The summed E-state index contributed by atoms with van der Waals surface area (Å²) < 4.78 is 29.5. The van der Waals surface area contributed by atoms with Crippen LogP contribution in [0.15, 0.2) is 54.6 Å². The minimum absolute atomic E-state index is 0.0721. The fourth-order valence-electron chi connectivity index (χ4n) is 5.12. The Morgan fingerprint density at radius 1 is 1.17 bits per heavy atom. The topological polar surface area (TPSA) is 119 Å². The van der Waals surface area contributed by atoms with Gasteiger partial charge in [-0.25, -0.2) is 0 Å². The Bertz CT molecular complexity index is 1440. The van der Waals surface area contributed by atoms with Gasteiger partial charge in [0.25, 0.3) is 5.91 Å². The number of carbonyl (C=O) groups is 3. The molecule has 2 aromatic carbocycles. The summed E-state index contributed by atoms with van der Waals surface area (Å²) in [7, 11) is 0. The van der Waals surface area contributed by atoms with Crippen molar-refractivity contribution in [3.8, 4) is 11.8 Å². The molecule has 0 aliphatic carbocycles. The van der Waals surface area contributed by atoms with Crippen molar-refractivity contribution in [1.29, 1.82) is 5.26 Å². The quantitative estimate of drug-likeness (QED) is 0.413. The third-order valence-electron chi connectivity index (χ3n) is 7.82. The number of nitrogens with zero attached hydrogens (tertiary/aromatic N) is 3. The molecule has 11 heteroatoms. The van der Waals surface area contributed by atoms with Crippen LogP contribution in [0.3, 0.4) is 0 Å². The van der Waals surface area contributed by atoms with Crippen LogP contribution < -0.4 is 10.1 Å². The van der Waals surface area contributed by atoms with Crippen LogP contribution in [0.1, 0.15) is 37.7 Å². The highest BCUT2D eigenvalue weighted by Crippen LogP contribution is 2.36. The molecule has 5 rings (SSSR count). The van der Waals surface area contributed by atoms with E-state index in [2.05, 4.69) is 35.8 Å². The van der Waals surface area contributed by atoms with E-state index in [4.69, 9.17) is 5.26 Å². The molecule has 2 unspecified atom stereocenters. The average Bonchev–Trinajstić information content (AvgIpc) is 3.64. The Kier molecular flexibility index (Phi) is 8.91. The van der Waals surface area contributed by atoms with Gasteiger partial charge in [-0.05, 0) is 48.1 Å². The lowest BCUT2D eigenvalue weighted by Crippen LogP contribution is -2.30. The number of likely N-dealkylation sites (tertiary alicyclic amines) is 2. The normalized spacial score (nSPS) is 21.2. The lowest BCUT2D eigenvalue weighted by Gasteiger charge is -2.21. The number of nitriles is 1. The zero-order valence-corrected chi connectivity index (χ0v) is 23.1. The highest BCUT2D eigenvalue weighted by Gasteiger charge is 2.39. The number of amides is 3. The van der Waals surface area contributed by atoms with E-state index in [9.17, 15) is 23.2 Å². The van der Waals surface area contributed by atoms with Gasteiger partial charge >= 0.3 is 6.61 Å². The smallest absolute Gasteiger partial charge is 0.387 e. The average molecular weight is 566 g/mol. The molecule has 2 aliphatic heterocycles. The summed E-state index contributed by atoms with van der Waals surface area (Å²) in [5, 5.41) is 12.1. The molecule has 3 atom stereocenters. The van der Waals surface area contributed by atoms with Gasteiger partial charge in [-0.3, -0.25) is 14.4 Å². The van der Waals surface area contributed by atoms with Gasteiger partial charge < -0.3 is 24.8 Å². The van der Waals surface area contributed by atoms with E-state index in [-0.39, 0.29) is 28.9 Å². The second-order valence-electron chi connectivity index (χ2n) is 11.1. The molecule has 2 N–H and O–H groups in total. The lowest BCUT2D eigenvalue weighted by atomic mass is 9.84. The maximum atomic E-state index is 12.7. The van der Waals surface area contributed by atoms with Gasteiger partial charge in [0.1, 0.15) is 17.5 Å². The molecule has 0 spiro atoms. The number of anilines is 1. The number of hydrogen-bond donors (Lipinski definition) is 2. The third-order valence-corrected chi connectivity index (χ3v) is 7.82. The fourth-order valence-corrected chi connectivity index (χ4v) is 5.12. The molecule has 0 saturated carbocycles. The summed E-state index contributed by atoms with van der Waals surface area (Å²) >= 11 is 0. The van der Waals surface area contributed by atoms with Gasteiger partial charge in [-0.2, -0.15) is 14.0 Å². The van der Waals surface area contributed by atoms with Gasteiger partial charge in [0.2, 0.25) is 12.3 Å². The van der Waals surface area contributed by atoms with Gasteiger partial charge in [0, 0.05) is 36.2 Å². The summed E-state index contributed by atoms with van der Waals surface area (Å²) in [5.74, 6) is -0.0936. The van der Waals surface area contributed by atoms with Gasteiger partial charge in [-0.15, -0.1) is 0 Å². The van der Waals surface area contributed by atoms with Gasteiger partial charge in [-0.1, -0.05) is 45.0 Å². The Hall–Kier alpha value is -4.46. The number of rotatable bonds is 6. The molecule has 2 aliphatic rings. The fraction of sp³-hybridized carbons (Fsp3) is 0.400. The number of H-pyrrole nitrogens is 1. The van der Waals surface area contributed by atoms with Crippen LogP contribution >= 0.6 is 0 Å². The first kappa shape index (κ1) is 29.5. The van der Waals surface area contributed by atoms with Crippen LogP contribution in [-0.4, -0.2) is 65.3 Å². The Morgan fingerprint density at radius 2 is 1.90 bits per heavy atom. The molecule has 3 aromatic rings. The zero-order valence-electron chi connectivity index (χ0n) is 23.1. The van der Waals surface area contributed by atoms with Crippen LogP contribution in [0.5, 0.6) is 5.75 Å². The first-order valence-electron chi connectivity index (χ1n) is 13.3. The SMILES string of the molecule is C[C@H]1CN(C(=O)c2cc3c(OC(F)F)cccc3[nH]2)CC1(C)C.N#CC1CC(C(=O)Nc2ccccc2)CN1C=O. The van der Waals surface area contributed by atoms with Gasteiger partial charge in [0.05, 0.1) is 12.0 Å². The largest absolute Gasteiger partial charge is 0.434 e. The molecule has 9 nitrogen and oxygen atoms in total.